The van der Waals surface area contributed by atoms with Gasteiger partial charge in [-0.2, -0.15) is 4.98 Å². The Hall–Kier alpha value is -1.95. The average Bonchev–Trinajstić information content (AvgIpc) is 3.19. The molecule has 1 aliphatic rings. The molecule has 1 saturated carbocycles. The van der Waals surface area contributed by atoms with Crippen molar-refractivity contribution in [3.8, 4) is 11.9 Å². The molecule has 1 N–H and O–H groups in total. The van der Waals surface area contributed by atoms with Crippen LogP contribution in [0.2, 0.25) is 0 Å². The van der Waals surface area contributed by atoms with Gasteiger partial charge in [-0.1, -0.05) is 6.92 Å². The highest BCUT2D eigenvalue weighted by atomic mass is 16.5. The van der Waals surface area contributed by atoms with Crippen molar-refractivity contribution >= 4 is 0 Å². The zero-order chi connectivity index (χ0) is 13.9. The molecule has 0 unspecified atom stereocenters. The van der Waals surface area contributed by atoms with E-state index in [4.69, 9.17) is 4.74 Å². The Balaban J connectivity index is 1.75. The fourth-order valence-electron chi connectivity index (χ4n) is 1.97. The van der Waals surface area contributed by atoms with Gasteiger partial charge in [0.1, 0.15) is 6.33 Å². The Labute approximate surface area is 118 Å². The molecule has 0 aliphatic heterocycles. The van der Waals surface area contributed by atoms with Gasteiger partial charge in [-0.05, 0) is 30.9 Å². The Morgan fingerprint density at radius 2 is 2.25 bits per heavy atom. The standard InChI is InChI=1S/C14H19N5O/c1-3-11-6-10(8-15-12-4-5-12)7-13(17-11)20-14-16-9-19(2)18-14/h6-7,9,12,15H,3-5,8H2,1-2H3. The van der Waals surface area contributed by atoms with Gasteiger partial charge in [-0.3, -0.25) is 4.68 Å². The summed E-state index contributed by atoms with van der Waals surface area (Å²) in [5, 5.41) is 7.60. The summed E-state index contributed by atoms with van der Waals surface area (Å²) in [6.07, 6.45) is 5.05. The minimum absolute atomic E-state index is 0.328. The molecule has 1 fully saturated rings. The van der Waals surface area contributed by atoms with Gasteiger partial charge < -0.3 is 10.1 Å². The molecule has 2 aromatic heterocycles. The first-order chi connectivity index (χ1) is 9.72. The highest BCUT2D eigenvalue weighted by Crippen LogP contribution is 2.21. The summed E-state index contributed by atoms with van der Waals surface area (Å²) in [6, 6.07) is 5.09. The van der Waals surface area contributed by atoms with Gasteiger partial charge in [0, 0.05) is 31.4 Å². The van der Waals surface area contributed by atoms with Crippen LogP contribution in [0.1, 0.15) is 31.0 Å². The van der Waals surface area contributed by atoms with E-state index in [9.17, 15) is 0 Å². The van der Waals surface area contributed by atoms with Gasteiger partial charge in [0.2, 0.25) is 5.88 Å². The maximum absolute atomic E-state index is 5.62. The van der Waals surface area contributed by atoms with Crippen molar-refractivity contribution in [3.05, 3.63) is 29.7 Å². The third-order valence-electron chi connectivity index (χ3n) is 3.22. The number of aryl methyl sites for hydroxylation is 2. The molecule has 0 amide bonds. The first kappa shape index (κ1) is 13.1. The fraction of sp³-hybridized carbons (Fsp3) is 0.500. The van der Waals surface area contributed by atoms with E-state index in [2.05, 4.69) is 33.4 Å². The second kappa shape index (κ2) is 5.58. The van der Waals surface area contributed by atoms with Crippen molar-refractivity contribution in [3.63, 3.8) is 0 Å². The Morgan fingerprint density at radius 1 is 1.40 bits per heavy atom. The third kappa shape index (κ3) is 3.33. The molecule has 0 atom stereocenters. The van der Waals surface area contributed by atoms with E-state index in [0.717, 1.165) is 18.7 Å². The van der Waals surface area contributed by atoms with Crippen molar-refractivity contribution in [2.45, 2.75) is 38.8 Å². The van der Waals surface area contributed by atoms with Crippen molar-refractivity contribution < 1.29 is 4.74 Å². The number of nitrogens with zero attached hydrogens (tertiary/aromatic N) is 4. The van der Waals surface area contributed by atoms with Gasteiger partial charge in [0.15, 0.2) is 0 Å². The first-order valence-corrected chi connectivity index (χ1v) is 6.99. The van der Waals surface area contributed by atoms with Crippen LogP contribution in [0.5, 0.6) is 11.9 Å². The average molecular weight is 273 g/mol. The maximum atomic E-state index is 5.62. The number of hydrogen-bond donors (Lipinski definition) is 1. The normalized spacial score (nSPS) is 14.5. The highest BCUT2D eigenvalue weighted by Gasteiger charge is 2.20. The van der Waals surface area contributed by atoms with Gasteiger partial charge in [0.25, 0.3) is 0 Å². The summed E-state index contributed by atoms with van der Waals surface area (Å²) in [5.74, 6) is 0.558. The van der Waals surface area contributed by atoms with Crippen LogP contribution < -0.4 is 10.1 Å². The van der Waals surface area contributed by atoms with Gasteiger partial charge >= 0.3 is 6.01 Å². The Kier molecular flexibility index (Phi) is 3.64. The van der Waals surface area contributed by atoms with Crippen LogP contribution in [0.25, 0.3) is 0 Å². The smallest absolute Gasteiger partial charge is 0.342 e. The molecule has 0 aromatic carbocycles. The molecular weight excluding hydrogens is 254 g/mol. The van der Waals surface area contributed by atoms with E-state index in [1.165, 1.54) is 18.4 Å². The number of ether oxygens (including phenoxy) is 1. The highest BCUT2D eigenvalue weighted by molar-refractivity contribution is 5.27. The summed E-state index contributed by atoms with van der Waals surface area (Å²) in [7, 11) is 1.81. The molecule has 0 saturated heterocycles. The van der Waals surface area contributed by atoms with Crippen molar-refractivity contribution in [2.75, 3.05) is 0 Å². The first-order valence-electron chi connectivity index (χ1n) is 6.99. The van der Waals surface area contributed by atoms with Gasteiger partial charge in [0.05, 0.1) is 0 Å². The molecule has 2 aromatic rings. The molecule has 3 rings (SSSR count). The Morgan fingerprint density at radius 3 is 2.90 bits per heavy atom. The third-order valence-corrected chi connectivity index (χ3v) is 3.22. The molecule has 2 heterocycles. The molecular formula is C14H19N5O. The number of pyridine rings is 1. The fourth-order valence-corrected chi connectivity index (χ4v) is 1.97. The topological polar surface area (TPSA) is 64.9 Å². The van der Waals surface area contributed by atoms with Crippen LogP contribution in [0.15, 0.2) is 18.5 Å². The van der Waals surface area contributed by atoms with Crippen LogP contribution in [0.4, 0.5) is 0 Å². The summed E-state index contributed by atoms with van der Waals surface area (Å²) >= 11 is 0. The molecule has 106 valence electrons. The second-order valence-corrected chi connectivity index (χ2v) is 5.12. The lowest BCUT2D eigenvalue weighted by Crippen LogP contribution is -2.15. The van der Waals surface area contributed by atoms with E-state index in [1.807, 2.05) is 6.07 Å². The summed E-state index contributed by atoms with van der Waals surface area (Å²) < 4.78 is 7.23. The minimum atomic E-state index is 0.328. The van der Waals surface area contributed by atoms with Crippen molar-refractivity contribution in [1.82, 2.24) is 25.1 Å². The molecule has 0 radical (unpaired) electrons. The number of hydrogen-bond acceptors (Lipinski definition) is 5. The lowest BCUT2D eigenvalue weighted by molar-refractivity contribution is 0.420. The summed E-state index contributed by atoms with van der Waals surface area (Å²) in [6.45, 7) is 2.94. The van der Waals surface area contributed by atoms with Crippen LogP contribution in [0, 0.1) is 0 Å². The maximum Gasteiger partial charge on any atom is 0.342 e. The number of nitrogens with one attached hydrogen (secondary N) is 1. The zero-order valence-electron chi connectivity index (χ0n) is 11.8. The molecule has 6 nitrogen and oxygen atoms in total. The zero-order valence-corrected chi connectivity index (χ0v) is 11.8. The van der Waals surface area contributed by atoms with Crippen molar-refractivity contribution in [1.29, 1.82) is 0 Å². The van der Waals surface area contributed by atoms with Gasteiger partial charge in [-0.15, -0.1) is 5.10 Å². The summed E-state index contributed by atoms with van der Waals surface area (Å²) in [4.78, 5) is 8.51. The monoisotopic (exact) mass is 273 g/mol. The summed E-state index contributed by atoms with van der Waals surface area (Å²) in [5.41, 5.74) is 2.21. The Bertz CT molecular complexity index is 591. The largest absolute Gasteiger partial charge is 0.404 e. The van der Waals surface area contributed by atoms with Crippen molar-refractivity contribution in [2.24, 2.45) is 7.05 Å². The van der Waals surface area contributed by atoms with Crippen LogP contribution >= 0.6 is 0 Å². The van der Waals surface area contributed by atoms with Crippen LogP contribution in [-0.4, -0.2) is 25.8 Å². The minimum Gasteiger partial charge on any atom is -0.404 e. The van der Waals surface area contributed by atoms with E-state index in [1.54, 1.807) is 18.1 Å². The lowest BCUT2D eigenvalue weighted by Gasteiger charge is -2.08. The van der Waals surface area contributed by atoms with E-state index in [-0.39, 0.29) is 0 Å². The van der Waals surface area contributed by atoms with E-state index < -0.39 is 0 Å². The number of aromatic nitrogens is 4. The molecule has 0 bridgehead atoms. The SMILES string of the molecule is CCc1cc(CNC2CC2)cc(Oc2ncn(C)n2)n1. The van der Waals surface area contributed by atoms with Crippen LogP contribution in [0.3, 0.4) is 0 Å². The van der Waals surface area contributed by atoms with E-state index >= 15 is 0 Å². The quantitative estimate of drug-likeness (QED) is 0.869. The predicted octanol–water partition coefficient (Wildman–Crippen LogP) is 1.82. The number of rotatable bonds is 6. The predicted molar refractivity (Wildman–Crippen MR) is 74.6 cm³/mol. The molecule has 20 heavy (non-hydrogen) atoms. The molecule has 1 aliphatic carbocycles. The second-order valence-electron chi connectivity index (χ2n) is 5.12. The van der Waals surface area contributed by atoms with E-state index in [0.29, 0.717) is 17.9 Å². The van der Waals surface area contributed by atoms with Crippen LogP contribution in [-0.2, 0) is 20.0 Å². The van der Waals surface area contributed by atoms with Gasteiger partial charge in [-0.25, -0.2) is 4.98 Å². The molecule has 0 spiro atoms. The lowest BCUT2D eigenvalue weighted by atomic mass is 10.2. The molecule has 6 heteroatoms.